The number of ether oxygens (including phenoxy) is 2. The van der Waals surface area contributed by atoms with Crippen molar-refractivity contribution in [3.05, 3.63) is 90.0 Å². The second-order valence-corrected chi connectivity index (χ2v) is 7.15. The van der Waals surface area contributed by atoms with Gasteiger partial charge in [0.15, 0.2) is 0 Å². The van der Waals surface area contributed by atoms with E-state index in [1.54, 1.807) is 4.90 Å². The molecule has 0 aromatic heterocycles. The predicted octanol–water partition coefficient (Wildman–Crippen LogP) is 5.40. The van der Waals surface area contributed by atoms with Crippen molar-refractivity contribution in [2.24, 2.45) is 0 Å². The highest BCUT2D eigenvalue weighted by Gasteiger charge is 2.24. The highest BCUT2D eigenvalue weighted by Crippen LogP contribution is 2.30. The molecule has 1 fully saturated rings. The minimum atomic E-state index is -0.0390. The maximum absolute atomic E-state index is 13.7. The largest absolute Gasteiger partial charge is 0.491 e. The zero-order chi connectivity index (χ0) is 20.1. The number of carbonyl (C=O) groups is 1. The minimum absolute atomic E-state index is 0.0390. The SMILES string of the molecule is CCCc1cc(OCC2CO2)ccc1C(=O)N(c1ccccc1)c1ccccc1. The summed E-state index contributed by atoms with van der Waals surface area (Å²) in [6.45, 7) is 3.44. The summed E-state index contributed by atoms with van der Waals surface area (Å²) in [4.78, 5) is 15.5. The van der Waals surface area contributed by atoms with E-state index in [-0.39, 0.29) is 12.0 Å². The zero-order valence-corrected chi connectivity index (χ0v) is 16.6. The van der Waals surface area contributed by atoms with Crippen LogP contribution in [-0.2, 0) is 11.2 Å². The maximum Gasteiger partial charge on any atom is 0.263 e. The summed E-state index contributed by atoms with van der Waals surface area (Å²) >= 11 is 0. The molecule has 1 aliphatic rings. The Kier molecular flexibility index (Phi) is 5.92. The fraction of sp³-hybridized carbons (Fsp3) is 0.240. The standard InChI is InChI=1S/C25H25NO3/c1-2-9-19-16-22(28-17-23-18-29-23)14-15-24(19)25(27)26(20-10-5-3-6-11-20)21-12-7-4-8-13-21/h3-8,10-16,23H,2,9,17-18H2,1H3. The van der Waals surface area contributed by atoms with Crippen molar-refractivity contribution in [1.29, 1.82) is 0 Å². The number of rotatable bonds is 8. The van der Waals surface area contributed by atoms with Crippen LogP contribution in [0.1, 0.15) is 29.3 Å². The van der Waals surface area contributed by atoms with Crippen molar-refractivity contribution in [1.82, 2.24) is 0 Å². The lowest BCUT2D eigenvalue weighted by molar-refractivity contribution is 0.0998. The molecule has 0 saturated carbocycles. The van der Waals surface area contributed by atoms with E-state index in [0.29, 0.717) is 12.2 Å². The number of hydrogen-bond donors (Lipinski definition) is 0. The highest BCUT2D eigenvalue weighted by atomic mass is 16.6. The monoisotopic (exact) mass is 387 g/mol. The Balaban J connectivity index is 1.69. The number of epoxide rings is 1. The molecule has 0 bridgehead atoms. The molecule has 1 amide bonds. The molecule has 1 saturated heterocycles. The molecule has 148 valence electrons. The summed E-state index contributed by atoms with van der Waals surface area (Å²) in [5, 5.41) is 0. The summed E-state index contributed by atoms with van der Waals surface area (Å²) < 4.78 is 11.0. The summed E-state index contributed by atoms with van der Waals surface area (Å²) in [6.07, 6.45) is 1.97. The van der Waals surface area contributed by atoms with Crippen LogP contribution in [0.3, 0.4) is 0 Å². The average molecular weight is 387 g/mol. The number of nitrogens with zero attached hydrogens (tertiary/aromatic N) is 1. The van der Waals surface area contributed by atoms with Crippen LogP contribution < -0.4 is 9.64 Å². The number of benzene rings is 3. The van der Waals surface area contributed by atoms with Gasteiger partial charge in [0.2, 0.25) is 0 Å². The lowest BCUT2D eigenvalue weighted by Crippen LogP contribution is -2.27. The van der Waals surface area contributed by atoms with E-state index in [0.717, 1.165) is 42.1 Å². The van der Waals surface area contributed by atoms with Crippen LogP contribution in [0.2, 0.25) is 0 Å². The van der Waals surface area contributed by atoms with E-state index in [2.05, 4.69) is 6.92 Å². The van der Waals surface area contributed by atoms with Crippen LogP contribution in [0, 0.1) is 0 Å². The van der Waals surface area contributed by atoms with E-state index < -0.39 is 0 Å². The molecule has 0 aliphatic carbocycles. The summed E-state index contributed by atoms with van der Waals surface area (Å²) in [5.41, 5.74) is 3.40. The van der Waals surface area contributed by atoms with Crippen molar-refractivity contribution >= 4 is 17.3 Å². The molecule has 3 aromatic rings. The Morgan fingerprint density at radius 2 is 1.62 bits per heavy atom. The van der Waals surface area contributed by atoms with Gasteiger partial charge in [0.25, 0.3) is 5.91 Å². The maximum atomic E-state index is 13.7. The van der Waals surface area contributed by atoms with Gasteiger partial charge in [-0.05, 0) is 54.4 Å². The third kappa shape index (κ3) is 4.66. The summed E-state index contributed by atoms with van der Waals surface area (Å²) in [7, 11) is 0. The molecule has 4 rings (SSSR count). The van der Waals surface area contributed by atoms with E-state index >= 15 is 0 Å². The van der Waals surface area contributed by atoms with Gasteiger partial charge < -0.3 is 9.47 Å². The normalized spacial score (nSPS) is 15.0. The van der Waals surface area contributed by atoms with E-state index in [9.17, 15) is 4.79 Å². The Hall–Kier alpha value is -3.11. The van der Waals surface area contributed by atoms with Crippen LogP contribution >= 0.6 is 0 Å². The van der Waals surface area contributed by atoms with Crippen LogP contribution in [0.4, 0.5) is 11.4 Å². The van der Waals surface area contributed by atoms with Crippen molar-refractivity contribution in [3.8, 4) is 5.75 Å². The first-order chi connectivity index (χ1) is 14.3. The Morgan fingerprint density at radius 1 is 1.00 bits per heavy atom. The molecule has 0 N–H and O–H groups in total. The molecule has 1 atom stereocenters. The van der Waals surface area contributed by atoms with Crippen molar-refractivity contribution in [2.45, 2.75) is 25.9 Å². The smallest absolute Gasteiger partial charge is 0.263 e. The molecule has 29 heavy (non-hydrogen) atoms. The molecule has 3 aromatic carbocycles. The van der Waals surface area contributed by atoms with Crippen LogP contribution in [0.5, 0.6) is 5.75 Å². The first kappa shape index (κ1) is 19.2. The fourth-order valence-corrected chi connectivity index (χ4v) is 3.36. The van der Waals surface area contributed by atoms with Gasteiger partial charge in [-0.1, -0.05) is 49.7 Å². The molecule has 0 spiro atoms. The molecule has 4 nitrogen and oxygen atoms in total. The van der Waals surface area contributed by atoms with Crippen LogP contribution in [-0.4, -0.2) is 25.2 Å². The molecule has 1 unspecified atom stereocenters. The Labute approximate surface area is 171 Å². The fourth-order valence-electron chi connectivity index (χ4n) is 3.36. The molecule has 1 heterocycles. The highest BCUT2D eigenvalue weighted by molar-refractivity contribution is 6.11. The van der Waals surface area contributed by atoms with E-state index in [4.69, 9.17) is 9.47 Å². The van der Waals surface area contributed by atoms with Crippen LogP contribution in [0.25, 0.3) is 0 Å². The predicted molar refractivity (Wildman–Crippen MR) is 115 cm³/mol. The lowest BCUT2D eigenvalue weighted by atomic mass is 10.0. The van der Waals surface area contributed by atoms with E-state index in [1.807, 2.05) is 78.9 Å². The van der Waals surface area contributed by atoms with Gasteiger partial charge in [-0.15, -0.1) is 0 Å². The number of hydrogen-bond acceptors (Lipinski definition) is 3. The second-order valence-electron chi connectivity index (χ2n) is 7.15. The van der Waals surface area contributed by atoms with Crippen molar-refractivity contribution < 1.29 is 14.3 Å². The quantitative estimate of drug-likeness (QED) is 0.486. The Bertz CT molecular complexity index is 913. The van der Waals surface area contributed by atoms with Gasteiger partial charge in [0, 0.05) is 16.9 Å². The van der Waals surface area contributed by atoms with Gasteiger partial charge in [0.05, 0.1) is 6.61 Å². The number of aryl methyl sites for hydroxylation is 1. The molecule has 1 aliphatic heterocycles. The van der Waals surface area contributed by atoms with E-state index in [1.165, 1.54) is 0 Å². The first-order valence-corrected chi connectivity index (χ1v) is 10.1. The van der Waals surface area contributed by atoms with Gasteiger partial charge in [-0.3, -0.25) is 9.69 Å². The number of para-hydroxylation sites is 2. The summed E-state index contributed by atoms with van der Waals surface area (Å²) in [6, 6.07) is 25.3. The van der Waals surface area contributed by atoms with Crippen molar-refractivity contribution in [2.75, 3.05) is 18.1 Å². The van der Waals surface area contributed by atoms with Gasteiger partial charge in [0.1, 0.15) is 18.5 Å². The lowest BCUT2D eigenvalue weighted by Gasteiger charge is -2.24. The van der Waals surface area contributed by atoms with Crippen LogP contribution in [0.15, 0.2) is 78.9 Å². The average Bonchev–Trinajstić information content (AvgIpc) is 3.59. The van der Waals surface area contributed by atoms with Gasteiger partial charge in [-0.2, -0.15) is 0 Å². The molecular weight excluding hydrogens is 362 g/mol. The topological polar surface area (TPSA) is 42.1 Å². The molecular formula is C25H25NO3. The van der Waals surface area contributed by atoms with Crippen molar-refractivity contribution in [3.63, 3.8) is 0 Å². The number of carbonyl (C=O) groups excluding carboxylic acids is 1. The molecule has 0 radical (unpaired) electrons. The minimum Gasteiger partial charge on any atom is -0.491 e. The van der Waals surface area contributed by atoms with Gasteiger partial charge >= 0.3 is 0 Å². The third-order valence-electron chi connectivity index (χ3n) is 4.90. The molecule has 4 heteroatoms. The summed E-state index contributed by atoms with van der Waals surface area (Å²) in [5.74, 6) is 0.745. The zero-order valence-electron chi connectivity index (χ0n) is 16.6. The number of amides is 1. The third-order valence-corrected chi connectivity index (χ3v) is 4.90. The first-order valence-electron chi connectivity index (χ1n) is 10.1. The van der Waals surface area contributed by atoms with Gasteiger partial charge in [-0.25, -0.2) is 0 Å². The second kappa shape index (κ2) is 8.93. The Morgan fingerprint density at radius 3 is 2.17 bits per heavy atom. The number of anilines is 2.